The summed E-state index contributed by atoms with van der Waals surface area (Å²) in [6, 6.07) is 12.6. The van der Waals surface area contributed by atoms with Crippen molar-refractivity contribution in [3.8, 4) is 11.5 Å². The molecule has 5 nitrogen and oxygen atoms in total. The van der Waals surface area contributed by atoms with E-state index in [1.54, 1.807) is 19.2 Å². The fourth-order valence-corrected chi connectivity index (χ4v) is 3.49. The minimum Gasteiger partial charge on any atom is -0.496 e. The zero-order valence-electron chi connectivity index (χ0n) is 15.1. The topological polar surface area (TPSA) is 64.6 Å². The number of methoxy groups -OCH3 is 1. The van der Waals surface area contributed by atoms with Crippen LogP contribution in [0.25, 0.3) is 0 Å². The molecule has 6 heteroatoms. The molecule has 0 saturated heterocycles. The summed E-state index contributed by atoms with van der Waals surface area (Å²) in [6.45, 7) is 6.52. The fourth-order valence-electron chi connectivity index (χ4n) is 2.40. The second-order valence-corrected chi connectivity index (χ2v) is 7.87. The summed E-state index contributed by atoms with van der Waals surface area (Å²) in [6.07, 6.45) is 0. The van der Waals surface area contributed by atoms with E-state index in [9.17, 15) is 8.42 Å². The lowest BCUT2D eigenvalue weighted by Gasteiger charge is -2.11. The van der Waals surface area contributed by atoms with Crippen LogP contribution in [-0.2, 0) is 10.0 Å². The Morgan fingerprint density at radius 3 is 2.32 bits per heavy atom. The highest BCUT2D eigenvalue weighted by molar-refractivity contribution is 7.89. The van der Waals surface area contributed by atoms with Crippen molar-refractivity contribution in [2.24, 2.45) is 0 Å². The molecule has 0 aliphatic heterocycles. The minimum atomic E-state index is -3.57. The summed E-state index contributed by atoms with van der Waals surface area (Å²) in [4.78, 5) is 0.215. The lowest BCUT2D eigenvalue weighted by Crippen LogP contribution is -2.28. The van der Waals surface area contributed by atoms with Gasteiger partial charge in [-0.2, -0.15) is 0 Å². The average molecular weight is 363 g/mol. The number of aryl methyl sites for hydroxylation is 1. The predicted molar refractivity (Wildman–Crippen MR) is 98.9 cm³/mol. The molecule has 0 fully saturated rings. The average Bonchev–Trinajstić information content (AvgIpc) is 2.59. The van der Waals surface area contributed by atoms with Crippen LogP contribution in [0, 0.1) is 6.92 Å². The van der Waals surface area contributed by atoms with E-state index in [2.05, 4.69) is 18.6 Å². The second kappa shape index (κ2) is 8.36. The molecular weight excluding hydrogens is 338 g/mol. The van der Waals surface area contributed by atoms with Gasteiger partial charge in [0.05, 0.1) is 12.0 Å². The first-order chi connectivity index (χ1) is 11.8. The molecule has 25 heavy (non-hydrogen) atoms. The van der Waals surface area contributed by atoms with Gasteiger partial charge < -0.3 is 9.47 Å². The largest absolute Gasteiger partial charge is 0.496 e. The Labute approximate surface area is 150 Å². The first kappa shape index (κ1) is 19.3. The molecule has 0 atom stereocenters. The Morgan fingerprint density at radius 2 is 1.76 bits per heavy atom. The van der Waals surface area contributed by atoms with E-state index in [0.717, 1.165) is 11.3 Å². The summed E-state index contributed by atoms with van der Waals surface area (Å²) in [5.41, 5.74) is 2.01. The molecule has 0 aliphatic rings. The molecule has 0 saturated carbocycles. The number of rotatable bonds is 8. The highest BCUT2D eigenvalue weighted by Crippen LogP contribution is 2.21. The van der Waals surface area contributed by atoms with Gasteiger partial charge in [0.2, 0.25) is 10.0 Å². The fraction of sp³-hybridized carbons (Fsp3) is 0.368. The molecule has 0 spiro atoms. The second-order valence-electron chi connectivity index (χ2n) is 6.10. The van der Waals surface area contributed by atoms with Crippen LogP contribution in [0.3, 0.4) is 0 Å². The Bertz CT molecular complexity index is 799. The first-order valence-electron chi connectivity index (χ1n) is 8.20. The van der Waals surface area contributed by atoms with Gasteiger partial charge in [0, 0.05) is 6.54 Å². The molecule has 0 radical (unpaired) electrons. The molecule has 0 aliphatic carbocycles. The number of hydrogen-bond donors (Lipinski definition) is 1. The van der Waals surface area contributed by atoms with Gasteiger partial charge in [-0.3, -0.25) is 0 Å². The van der Waals surface area contributed by atoms with Crippen LogP contribution in [-0.4, -0.2) is 28.7 Å². The predicted octanol–water partition coefficient (Wildman–Crippen LogP) is 3.48. The number of benzene rings is 2. The zero-order valence-corrected chi connectivity index (χ0v) is 15.9. The molecule has 136 valence electrons. The van der Waals surface area contributed by atoms with E-state index in [-0.39, 0.29) is 18.0 Å². The third-order valence-electron chi connectivity index (χ3n) is 3.89. The maximum Gasteiger partial charge on any atom is 0.240 e. The SMILES string of the molecule is COc1ccc(S(=O)(=O)NCCOc2ccc(C(C)C)cc2)cc1C. The maximum absolute atomic E-state index is 12.3. The van der Waals surface area contributed by atoms with Crippen molar-refractivity contribution in [3.05, 3.63) is 53.6 Å². The van der Waals surface area contributed by atoms with Gasteiger partial charge in [-0.1, -0.05) is 26.0 Å². The van der Waals surface area contributed by atoms with Crippen LogP contribution >= 0.6 is 0 Å². The smallest absolute Gasteiger partial charge is 0.240 e. The van der Waals surface area contributed by atoms with Gasteiger partial charge in [0.15, 0.2) is 0 Å². The molecule has 2 aromatic rings. The van der Waals surface area contributed by atoms with E-state index < -0.39 is 10.0 Å². The van der Waals surface area contributed by atoms with Crippen molar-refractivity contribution in [3.63, 3.8) is 0 Å². The normalized spacial score (nSPS) is 11.6. The lowest BCUT2D eigenvalue weighted by atomic mass is 10.0. The Morgan fingerprint density at radius 1 is 1.08 bits per heavy atom. The molecule has 2 rings (SSSR count). The summed E-state index contributed by atoms with van der Waals surface area (Å²) in [5, 5.41) is 0. The van der Waals surface area contributed by atoms with Gasteiger partial charge in [-0.15, -0.1) is 0 Å². The quantitative estimate of drug-likeness (QED) is 0.729. The van der Waals surface area contributed by atoms with E-state index in [0.29, 0.717) is 11.7 Å². The van der Waals surface area contributed by atoms with Gasteiger partial charge in [0.1, 0.15) is 18.1 Å². The highest BCUT2D eigenvalue weighted by atomic mass is 32.2. The highest BCUT2D eigenvalue weighted by Gasteiger charge is 2.14. The molecule has 0 amide bonds. The summed E-state index contributed by atoms with van der Waals surface area (Å²) >= 11 is 0. The van der Waals surface area contributed by atoms with Gasteiger partial charge >= 0.3 is 0 Å². The molecule has 0 aromatic heterocycles. The number of nitrogens with one attached hydrogen (secondary N) is 1. The van der Waals surface area contributed by atoms with Gasteiger partial charge in [-0.25, -0.2) is 13.1 Å². The third kappa shape index (κ3) is 5.21. The van der Waals surface area contributed by atoms with Crippen LogP contribution < -0.4 is 14.2 Å². The zero-order chi connectivity index (χ0) is 18.4. The van der Waals surface area contributed by atoms with Crippen LogP contribution in [0.5, 0.6) is 11.5 Å². The first-order valence-corrected chi connectivity index (χ1v) is 9.69. The molecule has 2 aromatic carbocycles. The van der Waals surface area contributed by atoms with Crippen molar-refractivity contribution in [2.45, 2.75) is 31.6 Å². The van der Waals surface area contributed by atoms with Crippen molar-refractivity contribution < 1.29 is 17.9 Å². The van der Waals surface area contributed by atoms with E-state index in [1.165, 1.54) is 11.6 Å². The molecule has 0 unspecified atom stereocenters. The molecule has 0 bridgehead atoms. The van der Waals surface area contributed by atoms with Crippen LogP contribution in [0.1, 0.15) is 30.9 Å². The van der Waals surface area contributed by atoms with Gasteiger partial charge in [-0.05, 0) is 54.3 Å². The van der Waals surface area contributed by atoms with Crippen molar-refractivity contribution in [2.75, 3.05) is 20.3 Å². The molecule has 1 N–H and O–H groups in total. The summed E-state index contributed by atoms with van der Waals surface area (Å²) < 4.78 is 37.9. The maximum atomic E-state index is 12.3. The van der Waals surface area contributed by atoms with Crippen molar-refractivity contribution in [1.82, 2.24) is 4.72 Å². The van der Waals surface area contributed by atoms with Crippen LogP contribution in [0.4, 0.5) is 0 Å². The standard InChI is InChI=1S/C19H25NO4S/c1-14(2)16-5-7-17(8-6-16)24-12-11-20-25(21,22)18-9-10-19(23-4)15(3)13-18/h5-10,13-14,20H,11-12H2,1-4H3. The van der Waals surface area contributed by atoms with Crippen LogP contribution in [0.15, 0.2) is 47.4 Å². The number of ether oxygens (including phenoxy) is 2. The van der Waals surface area contributed by atoms with Crippen molar-refractivity contribution >= 4 is 10.0 Å². The van der Waals surface area contributed by atoms with E-state index in [1.807, 2.05) is 31.2 Å². The van der Waals surface area contributed by atoms with Crippen LogP contribution in [0.2, 0.25) is 0 Å². The Hall–Kier alpha value is -2.05. The monoisotopic (exact) mass is 363 g/mol. The van der Waals surface area contributed by atoms with Gasteiger partial charge in [0.25, 0.3) is 0 Å². The van der Waals surface area contributed by atoms with E-state index in [4.69, 9.17) is 9.47 Å². The molecular formula is C19H25NO4S. The lowest BCUT2D eigenvalue weighted by molar-refractivity contribution is 0.322. The Balaban J connectivity index is 1.89. The van der Waals surface area contributed by atoms with Crippen molar-refractivity contribution in [1.29, 1.82) is 0 Å². The minimum absolute atomic E-state index is 0.194. The Kier molecular flexibility index (Phi) is 6.45. The summed E-state index contributed by atoms with van der Waals surface area (Å²) in [7, 11) is -2.01. The third-order valence-corrected chi connectivity index (χ3v) is 5.34. The van der Waals surface area contributed by atoms with E-state index >= 15 is 0 Å². The molecule has 0 heterocycles. The summed E-state index contributed by atoms with van der Waals surface area (Å²) in [5.74, 6) is 1.85. The number of sulfonamides is 1. The number of hydrogen-bond acceptors (Lipinski definition) is 4.